The average molecular weight is 426 g/mol. The zero-order valence-electron chi connectivity index (χ0n) is 16.7. The van der Waals surface area contributed by atoms with E-state index in [2.05, 4.69) is 14.9 Å². The number of nitrogens with zero attached hydrogens (tertiary/aromatic N) is 4. The lowest BCUT2D eigenvalue weighted by molar-refractivity contribution is -0.137. The second-order valence-corrected chi connectivity index (χ2v) is 7.42. The molecule has 0 bridgehead atoms. The highest BCUT2D eigenvalue weighted by atomic mass is 19.4. The Bertz CT molecular complexity index is 1010. The number of carbonyl (C=O) groups is 1. The van der Waals surface area contributed by atoms with Crippen molar-refractivity contribution in [2.45, 2.75) is 12.7 Å². The van der Waals surface area contributed by atoms with Crippen LogP contribution in [-0.2, 0) is 12.7 Å². The van der Waals surface area contributed by atoms with Gasteiger partial charge in [0.25, 0.3) is 5.91 Å². The molecule has 2 aromatic carbocycles. The lowest BCUT2D eigenvalue weighted by Gasteiger charge is -2.34. The van der Waals surface area contributed by atoms with E-state index in [4.69, 9.17) is 0 Å². The van der Waals surface area contributed by atoms with Crippen LogP contribution in [0.4, 0.5) is 13.2 Å². The van der Waals surface area contributed by atoms with Gasteiger partial charge in [-0.1, -0.05) is 42.5 Å². The Hall–Kier alpha value is -3.26. The van der Waals surface area contributed by atoms with E-state index >= 15 is 0 Å². The third-order valence-electron chi connectivity index (χ3n) is 5.28. The van der Waals surface area contributed by atoms with E-state index in [-0.39, 0.29) is 5.91 Å². The number of carbonyl (C=O) groups excluding carboxylic acids is 1. The molecule has 1 fully saturated rings. The molecule has 0 radical (unpaired) electrons. The maximum atomic E-state index is 12.8. The van der Waals surface area contributed by atoms with Crippen LogP contribution in [0.25, 0.3) is 11.4 Å². The van der Waals surface area contributed by atoms with E-state index < -0.39 is 11.7 Å². The van der Waals surface area contributed by atoms with Crippen molar-refractivity contribution in [1.82, 2.24) is 19.8 Å². The van der Waals surface area contributed by atoms with E-state index in [1.54, 1.807) is 17.3 Å². The molecule has 2 heterocycles. The van der Waals surface area contributed by atoms with Gasteiger partial charge in [0.05, 0.1) is 11.1 Å². The monoisotopic (exact) mass is 426 g/mol. The Morgan fingerprint density at radius 2 is 1.48 bits per heavy atom. The van der Waals surface area contributed by atoms with Gasteiger partial charge in [0.15, 0.2) is 5.82 Å². The summed E-state index contributed by atoms with van der Waals surface area (Å²) in [5.41, 5.74) is 1.50. The van der Waals surface area contributed by atoms with Crippen molar-refractivity contribution in [3.8, 4) is 11.4 Å². The number of rotatable bonds is 4. The van der Waals surface area contributed by atoms with Gasteiger partial charge in [0, 0.05) is 50.7 Å². The molecule has 0 N–H and O–H groups in total. The molecule has 0 unspecified atom stereocenters. The highest BCUT2D eigenvalue weighted by Crippen LogP contribution is 2.29. The van der Waals surface area contributed by atoms with Gasteiger partial charge in [-0.15, -0.1) is 0 Å². The van der Waals surface area contributed by atoms with Crippen molar-refractivity contribution in [2.24, 2.45) is 0 Å². The molecule has 1 saturated heterocycles. The van der Waals surface area contributed by atoms with E-state index in [9.17, 15) is 18.0 Å². The van der Waals surface area contributed by atoms with Crippen LogP contribution in [0.1, 0.15) is 21.5 Å². The summed E-state index contributed by atoms with van der Waals surface area (Å²) in [6.07, 6.45) is -1.23. The van der Waals surface area contributed by atoms with Crippen LogP contribution in [0.15, 0.2) is 67.0 Å². The summed E-state index contributed by atoms with van der Waals surface area (Å²) in [6, 6.07) is 14.8. The summed E-state index contributed by atoms with van der Waals surface area (Å²) in [7, 11) is 0. The summed E-state index contributed by atoms with van der Waals surface area (Å²) in [5.74, 6) is 0.451. The Kier molecular flexibility index (Phi) is 5.99. The first-order valence-corrected chi connectivity index (χ1v) is 9.95. The molecule has 5 nitrogen and oxygen atoms in total. The number of benzene rings is 2. The molecule has 1 amide bonds. The molecule has 4 rings (SSSR count). The highest BCUT2D eigenvalue weighted by molar-refractivity contribution is 5.93. The largest absolute Gasteiger partial charge is 0.416 e. The van der Waals surface area contributed by atoms with Crippen molar-refractivity contribution < 1.29 is 18.0 Å². The van der Waals surface area contributed by atoms with E-state index in [0.29, 0.717) is 44.1 Å². The van der Waals surface area contributed by atoms with Crippen LogP contribution < -0.4 is 0 Å². The van der Waals surface area contributed by atoms with Gasteiger partial charge in [0.2, 0.25) is 0 Å². The second-order valence-electron chi connectivity index (χ2n) is 7.42. The van der Waals surface area contributed by atoms with Crippen molar-refractivity contribution >= 4 is 5.91 Å². The van der Waals surface area contributed by atoms with Crippen molar-refractivity contribution in [2.75, 3.05) is 26.2 Å². The molecule has 160 valence electrons. The predicted molar refractivity (Wildman–Crippen MR) is 110 cm³/mol. The first kappa shape index (κ1) is 21.0. The van der Waals surface area contributed by atoms with Crippen LogP contribution in [0.3, 0.4) is 0 Å². The maximum absolute atomic E-state index is 12.8. The van der Waals surface area contributed by atoms with Gasteiger partial charge in [-0.25, -0.2) is 9.97 Å². The minimum Gasteiger partial charge on any atom is -0.336 e. The smallest absolute Gasteiger partial charge is 0.336 e. The molecule has 31 heavy (non-hydrogen) atoms. The Balaban J connectivity index is 1.31. The fourth-order valence-electron chi connectivity index (χ4n) is 3.52. The summed E-state index contributed by atoms with van der Waals surface area (Å²) < 4.78 is 38.1. The van der Waals surface area contributed by atoms with Gasteiger partial charge in [-0.05, 0) is 17.7 Å². The van der Waals surface area contributed by atoms with Gasteiger partial charge < -0.3 is 4.90 Å². The van der Waals surface area contributed by atoms with Crippen LogP contribution in [0.2, 0.25) is 0 Å². The van der Waals surface area contributed by atoms with Crippen LogP contribution in [0.5, 0.6) is 0 Å². The number of aromatic nitrogens is 2. The van der Waals surface area contributed by atoms with Crippen molar-refractivity contribution in [3.63, 3.8) is 0 Å². The minimum atomic E-state index is -4.33. The molecule has 1 aliphatic heterocycles. The SMILES string of the molecule is O=C(c1cnc(-c2ccccc2)nc1)N1CCN(Cc2ccc(C(F)(F)F)cc2)CC1. The fourth-order valence-corrected chi connectivity index (χ4v) is 3.52. The molecule has 8 heteroatoms. The van der Waals surface area contributed by atoms with Gasteiger partial charge >= 0.3 is 6.18 Å². The van der Waals surface area contributed by atoms with Crippen molar-refractivity contribution in [1.29, 1.82) is 0 Å². The zero-order valence-corrected chi connectivity index (χ0v) is 16.7. The molecule has 1 aliphatic rings. The van der Waals surface area contributed by atoms with Gasteiger partial charge in [0.1, 0.15) is 0 Å². The van der Waals surface area contributed by atoms with Gasteiger partial charge in [-0.3, -0.25) is 9.69 Å². The topological polar surface area (TPSA) is 49.3 Å². The van der Waals surface area contributed by atoms with Gasteiger partial charge in [-0.2, -0.15) is 13.2 Å². The first-order valence-electron chi connectivity index (χ1n) is 9.95. The summed E-state index contributed by atoms with van der Waals surface area (Å²) in [6.45, 7) is 2.93. The molecule has 1 aromatic heterocycles. The average Bonchev–Trinajstić information content (AvgIpc) is 2.80. The van der Waals surface area contributed by atoms with Crippen LogP contribution >= 0.6 is 0 Å². The molecule has 0 aliphatic carbocycles. The molecule has 3 aromatic rings. The number of piperazine rings is 1. The first-order chi connectivity index (χ1) is 14.9. The number of amides is 1. The lowest BCUT2D eigenvalue weighted by atomic mass is 10.1. The molecular weight excluding hydrogens is 405 g/mol. The zero-order chi connectivity index (χ0) is 21.8. The lowest BCUT2D eigenvalue weighted by Crippen LogP contribution is -2.48. The normalized spacial score (nSPS) is 15.1. The fraction of sp³-hybridized carbons (Fsp3) is 0.261. The van der Waals surface area contributed by atoms with E-state index in [1.807, 2.05) is 30.3 Å². The summed E-state index contributed by atoms with van der Waals surface area (Å²) >= 11 is 0. The third kappa shape index (κ3) is 5.08. The van der Waals surface area contributed by atoms with Crippen molar-refractivity contribution in [3.05, 3.63) is 83.7 Å². The number of halogens is 3. The summed E-state index contributed by atoms with van der Waals surface area (Å²) in [4.78, 5) is 25.3. The third-order valence-corrected chi connectivity index (χ3v) is 5.28. The minimum absolute atomic E-state index is 0.117. The predicted octanol–water partition coefficient (Wildman–Crippen LogP) is 4.12. The maximum Gasteiger partial charge on any atom is 0.416 e. The van der Waals surface area contributed by atoms with Crippen LogP contribution in [0, 0.1) is 0 Å². The number of hydrogen-bond donors (Lipinski definition) is 0. The Morgan fingerprint density at radius 1 is 0.871 bits per heavy atom. The summed E-state index contributed by atoms with van der Waals surface area (Å²) in [5, 5.41) is 0. The number of hydrogen-bond acceptors (Lipinski definition) is 4. The standard InChI is InChI=1S/C23H21F3N4O/c24-23(25,26)20-8-6-17(7-9-20)16-29-10-12-30(13-11-29)22(31)19-14-27-21(28-15-19)18-4-2-1-3-5-18/h1-9,14-15H,10-13,16H2. The van der Waals surface area contributed by atoms with E-state index in [0.717, 1.165) is 23.3 Å². The highest BCUT2D eigenvalue weighted by Gasteiger charge is 2.30. The second kappa shape index (κ2) is 8.85. The Morgan fingerprint density at radius 3 is 2.06 bits per heavy atom. The van der Waals surface area contributed by atoms with Crippen LogP contribution in [-0.4, -0.2) is 51.9 Å². The molecular formula is C23H21F3N4O. The molecule has 0 spiro atoms. The van der Waals surface area contributed by atoms with E-state index in [1.165, 1.54) is 12.1 Å². The number of alkyl halides is 3. The molecule has 0 atom stereocenters. The molecule has 0 saturated carbocycles. The quantitative estimate of drug-likeness (QED) is 0.630. The Labute approximate surface area is 178 Å².